The molecule has 0 aliphatic carbocycles. The summed E-state index contributed by atoms with van der Waals surface area (Å²) in [6.07, 6.45) is 1.29. The third kappa shape index (κ3) is 3.98. The van der Waals surface area contributed by atoms with Crippen molar-refractivity contribution in [3.8, 4) is 0 Å². The Bertz CT molecular complexity index is 1920. The van der Waals surface area contributed by atoms with Gasteiger partial charge in [0.05, 0.1) is 23.5 Å². The van der Waals surface area contributed by atoms with Crippen LogP contribution in [0.5, 0.6) is 0 Å². The van der Waals surface area contributed by atoms with Gasteiger partial charge in [-0.25, -0.2) is 0 Å². The summed E-state index contributed by atoms with van der Waals surface area (Å²) in [4.78, 5) is 5.08. The molecule has 2 heterocycles. The molecular formula is C33H26N4S. The molecule has 0 spiro atoms. The average molecular weight is 511 g/mol. The van der Waals surface area contributed by atoms with Crippen LogP contribution in [-0.4, -0.2) is 10.9 Å². The smallest absolute Gasteiger partial charge is 0.128 e. The number of fused-ring (bicyclic) bond motifs is 6. The number of para-hydroxylation sites is 1. The van der Waals surface area contributed by atoms with Crippen molar-refractivity contribution in [1.82, 2.24) is 9.88 Å². The van der Waals surface area contributed by atoms with Gasteiger partial charge in [-0.05, 0) is 35.4 Å². The summed E-state index contributed by atoms with van der Waals surface area (Å²) in [7, 11) is 0. The second kappa shape index (κ2) is 9.54. The Balaban J connectivity index is 1.38. The first kappa shape index (κ1) is 22.9. The summed E-state index contributed by atoms with van der Waals surface area (Å²) < 4.78 is 4.82. The lowest BCUT2D eigenvalue weighted by atomic mass is 10.1. The monoisotopic (exact) mass is 510 g/mol. The van der Waals surface area contributed by atoms with Crippen molar-refractivity contribution in [3.63, 3.8) is 0 Å². The number of rotatable bonds is 6. The van der Waals surface area contributed by atoms with Crippen LogP contribution in [0.25, 0.3) is 42.0 Å². The summed E-state index contributed by atoms with van der Waals surface area (Å²) in [6, 6.07) is 42.2. The van der Waals surface area contributed by atoms with Crippen molar-refractivity contribution >= 4 is 59.7 Å². The summed E-state index contributed by atoms with van der Waals surface area (Å²) in [5.74, 6) is 0. The van der Waals surface area contributed by atoms with Crippen molar-refractivity contribution < 1.29 is 0 Å². The van der Waals surface area contributed by atoms with Gasteiger partial charge < -0.3 is 10.3 Å². The van der Waals surface area contributed by atoms with Crippen LogP contribution >= 0.6 is 11.3 Å². The Hall–Kier alpha value is -4.29. The van der Waals surface area contributed by atoms with Gasteiger partial charge >= 0.3 is 0 Å². The van der Waals surface area contributed by atoms with Crippen LogP contribution < -0.4 is 11.1 Å². The topological polar surface area (TPSA) is 55.3 Å². The number of nitrogens with zero attached hydrogens (tertiary/aromatic N) is 2. The molecular weight excluding hydrogens is 484 g/mol. The highest BCUT2D eigenvalue weighted by Gasteiger charge is 2.16. The highest BCUT2D eigenvalue weighted by Crippen LogP contribution is 2.39. The predicted octanol–water partition coefficient (Wildman–Crippen LogP) is 7.98. The quantitative estimate of drug-likeness (QED) is 0.135. The summed E-state index contributed by atoms with van der Waals surface area (Å²) in [5, 5.41) is 8.55. The van der Waals surface area contributed by atoms with Crippen LogP contribution in [0.1, 0.15) is 23.5 Å². The summed E-state index contributed by atoms with van der Waals surface area (Å²) in [6.45, 7) is 0. The van der Waals surface area contributed by atoms with Gasteiger partial charge in [0.25, 0.3) is 0 Å². The molecule has 38 heavy (non-hydrogen) atoms. The van der Waals surface area contributed by atoms with Crippen molar-refractivity contribution in [2.24, 2.45) is 10.7 Å². The maximum atomic E-state index is 6.58. The van der Waals surface area contributed by atoms with Gasteiger partial charge in [-0.2, -0.15) is 0 Å². The molecule has 0 radical (unpaired) electrons. The fraction of sp³-hybridized carbons (Fsp3) is 0.0606. The van der Waals surface area contributed by atoms with E-state index in [9.17, 15) is 0 Å². The van der Waals surface area contributed by atoms with Gasteiger partial charge in [0.15, 0.2) is 0 Å². The molecule has 2 unspecified atom stereocenters. The Morgan fingerprint density at radius 1 is 0.632 bits per heavy atom. The Morgan fingerprint density at radius 3 is 2.08 bits per heavy atom. The Kier molecular flexibility index (Phi) is 5.74. The molecule has 4 nitrogen and oxygen atoms in total. The zero-order valence-corrected chi connectivity index (χ0v) is 21.5. The van der Waals surface area contributed by atoms with E-state index in [1.165, 1.54) is 30.9 Å². The fourth-order valence-electron chi connectivity index (χ4n) is 5.26. The highest BCUT2D eigenvalue weighted by molar-refractivity contribution is 7.25. The predicted molar refractivity (Wildman–Crippen MR) is 162 cm³/mol. The lowest BCUT2D eigenvalue weighted by molar-refractivity contribution is 0.466. The number of aliphatic imine (C=N–C) groups is 1. The lowest BCUT2D eigenvalue weighted by Crippen LogP contribution is -2.31. The average Bonchev–Trinajstić information content (AvgIpc) is 3.49. The van der Waals surface area contributed by atoms with E-state index in [1.807, 2.05) is 66.2 Å². The zero-order chi connectivity index (χ0) is 25.5. The third-order valence-electron chi connectivity index (χ3n) is 7.15. The van der Waals surface area contributed by atoms with Gasteiger partial charge in [-0.3, -0.25) is 10.3 Å². The molecule has 0 fully saturated rings. The molecule has 3 N–H and O–H groups in total. The van der Waals surface area contributed by atoms with E-state index in [1.54, 1.807) is 0 Å². The molecule has 0 aliphatic rings. The van der Waals surface area contributed by atoms with Gasteiger partial charge in [-0.15, -0.1) is 11.3 Å². The van der Waals surface area contributed by atoms with Crippen LogP contribution in [0, 0.1) is 0 Å². The molecule has 2 atom stereocenters. The summed E-state index contributed by atoms with van der Waals surface area (Å²) >= 11 is 1.85. The molecule has 0 aliphatic heterocycles. The van der Waals surface area contributed by atoms with Crippen molar-refractivity contribution in [1.29, 1.82) is 0 Å². The standard InChI is InChI=1S/C33H26N4S/c34-32(22-11-3-1-4-12-22)36-33(23-13-5-2-6-14-23)35-21-37-28-17-9-7-15-24(28)26-20-31-27(19-29(26)37)25-16-8-10-18-30(25)38-31/h1-21,32-33,36H,34H2. The first-order valence-corrected chi connectivity index (χ1v) is 13.6. The van der Waals surface area contributed by atoms with Crippen LogP contribution in [0.15, 0.2) is 126 Å². The molecule has 184 valence electrons. The summed E-state index contributed by atoms with van der Waals surface area (Å²) in [5.41, 5.74) is 10.9. The van der Waals surface area contributed by atoms with Crippen LogP contribution in [0.2, 0.25) is 0 Å². The number of thiophene rings is 1. The van der Waals surface area contributed by atoms with Crippen molar-refractivity contribution in [2.45, 2.75) is 12.3 Å². The van der Waals surface area contributed by atoms with Gasteiger partial charge in [0.2, 0.25) is 0 Å². The molecule has 7 rings (SSSR count). The molecule has 0 saturated heterocycles. The lowest BCUT2D eigenvalue weighted by Gasteiger charge is -2.21. The number of nitrogens with two attached hydrogens (primary N) is 1. The Morgan fingerprint density at radius 2 is 1.29 bits per heavy atom. The molecule has 0 bridgehead atoms. The number of hydrogen-bond donors (Lipinski definition) is 2. The number of hydrogen-bond acceptors (Lipinski definition) is 4. The number of benzene rings is 5. The first-order valence-electron chi connectivity index (χ1n) is 12.7. The van der Waals surface area contributed by atoms with Crippen molar-refractivity contribution in [3.05, 3.63) is 132 Å². The van der Waals surface area contributed by atoms with E-state index in [0.29, 0.717) is 0 Å². The van der Waals surface area contributed by atoms with E-state index in [-0.39, 0.29) is 12.3 Å². The third-order valence-corrected chi connectivity index (χ3v) is 8.28. The second-order valence-electron chi connectivity index (χ2n) is 9.48. The van der Waals surface area contributed by atoms with Gasteiger partial charge in [-0.1, -0.05) is 97.1 Å². The van der Waals surface area contributed by atoms with Crippen LogP contribution in [0.3, 0.4) is 0 Å². The van der Waals surface area contributed by atoms with E-state index in [2.05, 4.69) is 82.7 Å². The van der Waals surface area contributed by atoms with Crippen LogP contribution in [-0.2, 0) is 0 Å². The maximum absolute atomic E-state index is 6.58. The van der Waals surface area contributed by atoms with E-state index >= 15 is 0 Å². The van der Waals surface area contributed by atoms with Crippen LogP contribution in [0.4, 0.5) is 0 Å². The Labute approximate surface area is 224 Å². The van der Waals surface area contributed by atoms with Crippen molar-refractivity contribution in [2.75, 3.05) is 0 Å². The molecule has 5 heteroatoms. The first-order chi connectivity index (χ1) is 18.8. The normalized spacial score (nSPS) is 13.7. The molecule has 7 aromatic rings. The number of aromatic nitrogens is 1. The maximum Gasteiger partial charge on any atom is 0.128 e. The minimum atomic E-state index is -0.353. The second-order valence-corrected chi connectivity index (χ2v) is 10.6. The zero-order valence-electron chi connectivity index (χ0n) is 20.7. The minimum Gasteiger partial charge on any atom is -0.312 e. The van der Waals surface area contributed by atoms with Gasteiger partial charge in [0, 0.05) is 30.9 Å². The largest absolute Gasteiger partial charge is 0.312 e. The SMILES string of the molecule is NC(NC(N=Cn1c2ccccc2c2cc3sc4ccccc4c3cc21)c1ccccc1)c1ccccc1. The minimum absolute atomic E-state index is 0.312. The fourth-order valence-corrected chi connectivity index (χ4v) is 6.39. The molecule has 0 amide bonds. The van der Waals surface area contributed by atoms with E-state index in [0.717, 1.165) is 22.2 Å². The molecule has 5 aromatic carbocycles. The highest BCUT2D eigenvalue weighted by atomic mass is 32.1. The molecule has 0 saturated carbocycles. The molecule has 2 aromatic heterocycles. The number of nitrogens with one attached hydrogen (secondary N) is 1. The van der Waals surface area contributed by atoms with E-state index in [4.69, 9.17) is 10.7 Å². The van der Waals surface area contributed by atoms with Gasteiger partial charge in [0.1, 0.15) is 6.17 Å². The van der Waals surface area contributed by atoms with E-state index < -0.39 is 0 Å².